The van der Waals surface area contributed by atoms with Crippen molar-refractivity contribution in [2.45, 2.75) is 6.54 Å². The van der Waals surface area contributed by atoms with Gasteiger partial charge in [-0.05, 0) is 18.2 Å². The fourth-order valence-electron chi connectivity index (χ4n) is 1.85. The van der Waals surface area contributed by atoms with Crippen LogP contribution in [0.3, 0.4) is 0 Å². The number of aromatic carboxylic acids is 1. The number of carboxylic acid groups (broad SMARTS) is 1. The molecule has 0 saturated carbocycles. The minimum absolute atomic E-state index is 0.227. The van der Waals surface area contributed by atoms with Crippen LogP contribution in [0.2, 0.25) is 5.02 Å². The van der Waals surface area contributed by atoms with Crippen molar-refractivity contribution in [3.05, 3.63) is 35.0 Å². The Balaban J connectivity index is 2.63. The number of nitrogens with zero attached hydrogens (tertiary/aromatic N) is 1. The predicted molar refractivity (Wildman–Crippen MR) is 65.8 cm³/mol. The molecule has 4 nitrogen and oxygen atoms in total. The van der Waals surface area contributed by atoms with Gasteiger partial charge >= 0.3 is 5.97 Å². The molecule has 0 radical (unpaired) electrons. The smallest absolute Gasteiger partial charge is 0.352 e. The molecule has 2 aromatic rings. The first kappa shape index (κ1) is 12.0. The molecule has 0 aliphatic heterocycles. The number of rotatable bonds is 4. The normalized spacial score (nSPS) is 10.9. The van der Waals surface area contributed by atoms with E-state index in [0.717, 1.165) is 10.9 Å². The monoisotopic (exact) mass is 253 g/mol. The Bertz CT molecular complexity index is 562. The van der Waals surface area contributed by atoms with Gasteiger partial charge in [0.25, 0.3) is 0 Å². The summed E-state index contributed by atoms with van der Waals surface area (Å²) in [5.41, 5.74) is 1.04. The molecule has 90 valence electrons. The second-order valence-corrected chi connectivity index (χ2v) is 4.06. The molecule has 0 bridgehead atoms. The van der Waals surface area contributed by atoms with Crippen molar-refractivity contribution >= 4 is 28.5 Å². The maximum atomic E-state index is 11.2. The third-order valence-corrected chi connectivity index (χ3v) is 2.96. The molecule has 0 fully saturated rings. The zero-order valence-corrected chi connectivity index (χ0v) is 10.1. The van der Waals surface area contributed by atoms with Crippen molar-refractivity contribution in [3.63, 3.8) is 0 Å². The molecule has 17 heavy (non-hydrogen) atoms. The highest BCUT2D eigenvalue weighted by Gasteiger charge is 2.15. The van der Waals surface area contributed by atoms with Crippen LogP contribution in [-0.2, 0) is 11.3 Å². The Morgan fingerprint density at radius 3 is 2.94 bits per heavy atom. The van der Waals surface area contributed by atoms with Crippen LogP contribution in [0.5, 0.6) is 0 Å². The Morgan fingerprint density at radius 2 is 2.29 bits per heavy atom. The summed E-state index contributed by atoms with van der Waals surface area (Å²) in [5.74, 6) is -0.964. The average molecular weight is 254 g/mol. The molecule has 5 heteroatoms. The number of hydrogen-bond acceptors (Lipinski definition) is 2. The topological polar surface area (TPSA) is 51.5 Å². The van der Waals surface area contributed by atoms with E-state index < -0.39 is 5.97 Å². The standard InChI is InChI=1S/C12H12ClNO3/c1-17-6-5-14-10-4-2-3-9(13)8(10)7-11(14)12(15)16/h2-4,7H,5-6H2,1H3,(H,15,16). The van der Waals surface area contributed by atoms with Crippen molar-refractivity contribution in [1.29, 1.82) is 0 Å². The highest BCUT2D eigenvalue weighted by Crippen LogP contribution is 2.27. The highest BCUT2D eigenvalue weighted by atomic mass is 35.5. The molecular weight excluding hydrogens is 242 g/mol. The number of ether oxygens (including phenoxy) is 1. The van der Waals surface area contributed by atoms with Gasteiger partial charge < -0.3 is 14.4 Å². The Kier molecular flexibility index (Phi) is 3.36. The lowest BCUT2D eigenvalue weighted by molar-refractivity contribution is 0.0683. The van der Waals surface area contributed by atoms with Crippen LogP contribution in [0.1, 0.15) is 10.5 Å². The van der Waals surface area contributed by atoms with Gasteiger partial charge in [0.15, 0.2) is 0 Å². The fourth-order valence-corrected chi connectivity index (χ4v) is 2.07. The maximum Gasteiger partial charge on any atom is 0.352 e. The summed E-state index contributed by atoms with van der Waals surface area (Å²) in [6.07, 6.45) is 0. The summed E-state index contributed by atoms with van der Waals surface area (Å²) in [4.78, 5) is 11.2. The zero-order chi connectivity index (χ0) is 12.4. The molecule has 1 aromatic heterocycles. The van der Waals surface area contributed by atoms with Gasteiger partial charge in [0, 0.05) is 24.1 Å². The summed E-state index contributed by atoms with van der Waals surface area (Å²) >= 11 is 6.04. The number of methoxy groups -OCH3 is 1. The van der Waals surface area contributed by atoms with Gasteiger partial charge in [0.2, 0.25) is 0 Å². The molecule has 0 spiro atoms. The van der Waals surface area contributed by atoms with Gasteiger partial charge in [-0.2, -0.15) is 0 Å². The van der Waals surface area contributed by atoms with Crippen LogP contribution in [0.25, 0.3) is 10.9 Å². The van der Waals surface area contributed by atoms with Crippen LogP contribution in [-0.4, -0.2) is 29.4 Å². The van der Waals surface area contributed by atoms with Crippen molar-refractivity contribution in [3.8, 4) is 0 Å². The summed E-state index contributed by atoms with van der Waals surface area (Å²) < 4.78 is 6.68. The quantitative estimate of drug-likeness (QED) is 0.911. The Labute approximate surface area is 103 Å². The highest BCUT2D eigenvalue weighted by molar-refractivity contribution is 6.35. The lowest BCUT2D eigenvalue weighted by atomic mass is 10.2. The summed E-state index contributed by atoms with van der Waals surface area (Å²) in [6, 6.07) is 6.99. The van der Waals surface area contributed by atoms with E-state index in [0.29, 0.717) is 18.2 Å². The molecule has 1 heterocycles. The lowest BCUT2D eigenvalue weighted by Crippen LogP contribution is -2.11. The van der Waals surface area contributed by atoms with Crippen molar-refractivity contribution in [1.82, 2.24) is 4.57 Å². The average Bonchev–Trinajstić information content (AvgIpc) is 2.67. The van der Waals surface area contributed by atoms with Crippen LogP contribution in [0.15, 0.2) is 24.3 Å². The first-order chi connectivity index (χ1) is 8.15. The fraction of sp³-hybridized carbons (Fsp3) is 0.250. The molecule has 1 aromatic carbocycles. The molecule has 2 rings (SSSR count). The van der Waals surface area contributed by atoms with Crippen LogP contribution in [0, 0.1) is 0 Å². The van der Waals surface area contributed by atoms with Crippen LogP contribution in [0.4, 0.5) is 0 Å². The number of carboxylic acids is 1. The summed E-state index contributed by atoms with van der Waals surface area (Å²) in [6.45, 7) is 0.943. The van der Waals surface area contributed by atoms with Gasteiger partial charge in [0.1, 0.15) is 5.69 Å². The zero-order valence-electron chi connectivity index (χ0n) is 9.31. The van der Waals surface area contributed by atoms with E-state index >= 15 is 0 Å². The largest absolute Gasteiger partial charge is 0.477 e. The molecule has 0 atom stereocenters. The Hall–Kier alpha value is -1.52. The molecule has 0 saturated heterocycles. The number of aromatic nitrogens is 1. The number of carbonyl (C=O) groups is 1. The van der Waals surface area contributed by atoms with Gasteiger partial charge in [-0.3, -0.25) is 0 Å². The van der Waals surface area contributed by atoms with Gasteiger partial charge in [0.05, 0.1) is 12.1 Å². The van der Waals surface area contributed by atoms with Crippen LogP contribution >= 0.6 is 11.6 Å². The molecule has 0 aliphatic carbocycles. The number of halogens is 1. The van der Waals surface area contributed by atoms with Gasteiger partial charge in [-0.25, -0.2) is 4.79 Å². The number of fused-ring (bicyclic) bond motifs is 1. The minimum atomic E-state index is -0.964. The second-order valence-electron chi connectivity index (χ2n) is 3.65. The third kappa shape index (κ3) is 2.14. The van der Waals surface area contributed by atoms with E-state index in [2.05, 4.69) is 0 Å². The molecule has 1 N–H and O–H groups in total. The van der Waals surface area contributed by atoms with Gasteiger partial charge in [-0.1, -0.05) is 17.7 Å². The first-order valence-corrected chi connectivity index (χ1v) is 5.53. The van der Waals surface area contributed by atoms with E-state index in [1.807, 2.05) is 6.07 Å². The molecular formula is C12H12ClNO3. The van der Waals surface area contributed by atoms with E-state index in [1.165, 1.54) is 0 Å². The predicted octanol–water partition coefficient (Wildman–Crippen LogP) is 2.64. The molecule has 0 aliphatic rings. The summed E-state index contributed by atoms with van der Waals surface area (Å²) in [5, 5.41) is 10.5. The van der Waals surface area contributed by atoms with E-state index in [9.17, 15) is 4.79 Å². The lowest BCUT2D eigenvalue weighted by Gasteiger charge is -2.07. The minimum Gasteiger partial charge on any atom is -0.477 e. The van der Waals surface area contributed by atoms with E-state index in [4.69, 9.17) is 21.4 Å². The SMILES string of the molecule is COCCn1c(C(=O)O)cc2c(Cl)cccc21. The number of benzene rings is 1. The first-order valence-electron chi connectivity index (χ1n) is 5.15. The third-order valence-electron chi connectivity index (χ3n) is 2.63. The Morgan fingerprint density at radius 1 is 1.53 bits per heavy atom. The van der Waals surface area contributed by atoms with Crippen LogP contribution < -0.4 is 0 Å². The molecule has 0 amide bonds. The molecule has 0 unspecified atom stereocenters. The van der Waals surface area contributed by atoms with Crippen molar-refractivity contribution in [2.24, 2.45) is 0 Å². The second kappa shape index (κ2) is 4.77. The van der Waals surface area contributed by atoms with E-state index in [1.54, 1.807) is 29.9 Å². The van der Waals surface area contributed by atoms with Crippen molar-refractivity contribution in [2.75, 3.05) is 13.7 Å². The maximum absolute atomic E-state index is 11.2. The van der Waals surface area contributed by atoms with Crippen molar-refractivity contribution < 1.29 is 14.6 Å². The van der Waals surface area contributed by atoms with E-state index in [-0.39, 0.29) is 5.69 Å². The number of hydrogen-bond donors (Lipinski definition) is 1. The summed E-state index contributed by atoms with van der Waals surface area (Å²) in [7, 11) is 1.58. The van der Waals surface area contributed by atoms with Gasteiger partial charge in [-0.15, -0.1) is 0 Å².